The molecule has 1 aromatic carbocycles. The maximum Gasteiger partial charge on any atom is 0.339 e. The van der Waals surface area contributed by atoms with Gasteiger partial charge in [-0.25, -0.2) is 13.2 Å². The maximum atomic E-state index is 11.0. The summed E-state index contributed by atoms with van der Waals surface area (Å²) in [5.41, 5.74) is -1.72. The van der Waals surface area contributed by atoms with Crippen molar-refractivity contribution in [2.24, 2.45) is 0 Å². The molecule has 0 aromatic heterocycles. The summed E-state index contributed by atoms with van der Waals surface area (Å²) in [6.45, 7) is 0. The van der Waals surface area contributed by atoms with Crippen LogP contribution in [0.3, 0.4) is 0 Å². The van der Waals surface area contributed by atoms with Crippen LogP contribution < -0.4 is 0 Å². The second kappa shape index (κ2) is 4.18. The molecule has 0 aliphatic rings. The van der Waals surface area contributed by atoms with Gasteiger partial charge in [-0.2, -0.15) is 0 Å². The van der Waals surface area contributed by atoms with Crippen LogP contribution in [-0.4, -0.2) is 29.5 Å². The number of nitro groups is 1. The SMILES string of the molecule is O=C(O)c1cc([N+](=O)[O-])cc(S(=O)(=O)Cl)c1O. The number of phenols is 1. The van der Waals surface area contributed by atoms with Crippen LogP contribution in [0, 0.1) is 10.1 Å². The van der Waals surface area contributed by atoms with E-state index in [0.29, 0.717) is 12.1 Å². The van der Waals surface area contributed by atoms with Crippen molar-refractivity contribution >= 4 is 31.4 Å². The number of benzene rings is 1. The third-order valence-corrected chi connectivity index (χ3v) is 3.10. The topological polar surface area (TPSA) is 135 Å². The fourth-order valence-electron chi connectivity index (χ4n) is 1.05. The first-order valence-electron chi connectivity index (χ1n) is 3.84. The number of non-ortho nitro benzene ring substituents is 1. The first-order chi connectivity index (χ1) is 7.64. The molecule has 1 aromatic rings. The number of aromatic hydroxyl groups is 1. The van der Waals surface area contributed by atoms with Crippen LogP contribution in [0.15, 0.2) is 17.0 Å². The van der Waals surface area contributed by atoms with Gasteiger partial charge in [-0.05, 0) is 0 Å². The third kappa shape index (κ3) is 2.63. The highest BCUT2D eigenvalue weighted by Gasteiger charge is 2.26. The number of rotatable bonds is 3. The van der Waals surface area contributed by atoms with Gasteiger partial charge in [-0.15, -0.1) is 0 Å². The average molecular weight is 282 g/mol. The zero-order valence-electron chi connectivity index (χ0n) is 7.82. The van der Waals surface area contributed by atoms with Crippen molar-refractivity contribution in [3.63, 3.8) is 0 Å². The van der Waals surface area contributed by atoms with Gasteiger partial charge in [0.1, 0.15) is 10.5 Å². The Labute approximate surface area is 98.6 Å². The summed E-state index contributed by atoms with van der Waals surface area (Å²) in [5.74, 6) is -2.86. The highest BCUT2D eigenvalue weighted by molar-refractivity contribution is 8.13. The minimum absolute atomic E-state index is 0.476. The molecule has 92 valence electrons. The Morgan fingerprint density at radius 1 is 1.41 bits per heavy atom. The van der Waals surface area contributed by atoms with E-state index in [-0.39, 0.29) is 0 Å². The molecule has 0 bridgehead atoms. The predicted octanol–water partition coefficient (Wildman–Crippen LogP) is 0.926. The quantitative estimate of drug-likeness (QED) is 0.478. The van der Waals surface area contributed by atoms with Gasteiger partial charge >= 0.3 is 5.97 Å². The number of halogens is 1. The lowest BCUT2D eigenvalue weighted by Gasteiger charge is -2.04. The summed E-state index contributed by atoms with van der Waals surface area (Å²) in [4.78, 5) is 19.1. The zero-order chi connectivity index (χ0) is 13.4. The van der Waals surface area contributed by atoms with Gasteiger partial charge in [0, 0.05) is 22.8 Å². The maximum absolute atomic E-state index is 11.0. The normalized spacial score (nSPS) is 11.1. The Bertz CT molecular complexity index is 609. The number of carboxylic acids is 1. The van der Waals surface area contributed by atoms with Gasteiger partial charge in [-0.1, -0.05) is 0 Å². The van der Waals surface area contributed by atoms with E-state index in [1.54, 1.807) is 0 Å². The van der Waals surface area contributed by atoms with Crippen LogP contribution in [0.1, 0.15) is 10.4 Å². The molecule has 0 atom stereocenters. The third-order valence-electron chi connectivity index (χ3n) is 1.76. The first-order valence-corrected chi connectivity index (χ1v) is 6.15. The number of carboxylic acid groups (broad SMARTS) is 1. The standard InChI is InChI=1S/C7H4ClNO7S/c8-17(15,16)5-2-3(9(13)14)1-4(6(5)10)7(11)12/h1-2,10H,(H,11,12). The lowest BCUT2D eigenvalue weighted by molar-refractivity contribution is -0.385. The predicted molar refractivity (Wildman–Crippen MR) is 54.8 cm³/mol. The van der Waals surface area contributed by atoms with Gasteiger partial charge in [-0.3, -0.25) is 10.1 Å². The molecule has 0 saturated heterocycles. The van der Waals surface area contributed by atoms with Crippen LogP contribution in [0.2, 0.25) is 0 Å². The van der Waals surface area contributed by atoms with Crippen molar-refractivity contribution in [2.45, 2.75) is 4.90 Å². The molecule has 0 radical (unpaired) electrons. The molecule has 0 spiro atoms. The molecule has 10 heteroatoms. The summed E-state index contributed by atoms with van der Waals surface area (Å²) in [5, 5.41) is 28.4. The van der Waals surface area contributed by atoms with E-state index >= 15 is 0 Å². The van der Waals surface area contributed by atoms with E-state index in [4.69, 9.17) is 15.8 Å². The van der Waals surface area contributed by atoms with Crippen molar-refractivity contribution in [3.05, 3.63) is 27.8 Å². The fourth-order valence-corrected chi connectivity index (χ4v) is 2.00. The Kier molecular flexibility index (Phi) is 3.25. The van der Waals surface area contributed by atoms with E-state index in [0.717, 1.165) is 0 Å². The number of nitrogens with zero attached hydrogens (tertiary/aromatic N) is 1. The first kappa shape index (κ1) is 13.2. The largest absolute Gasteiger partial charge is 0.506 e. The average Bonchev–Trinajstić information content (AvgIpc) is 2.15. The van der Waals surface area contributed by atoms with E-state index < -0.39 is 41.8 Å². The smallest absolute Gasteiger partial charge is 0.339 e. The van der Waals surface area contributed by atoms with Gasteiger partial charge in [0.05, 0.1) is 4.92 Å². The fraction of sp³-hybridized carbons (Fsp3) is 0. The molecule has 2 N–H and O–H groups in total. The Balaban J connectivity index is 3.73. The summed E-state index contributed by atoms with van der Waals surface area (Å²) >= 11 is 0. The number of hydrogen-bond acceptors (Lipinski definition) is 6. The minimum atomic E-state index is -4.49. The van der Waals surface area contributed by atoms with Crippen LogP contribution in [0.4, 0.5) is 5.69 Å². The van der Waals surface area contributed by atoms with Crippen molar-refractivity contribution in [2.75, 3.05) is 0 Å². The Morgan fingerprint density at radius 3 is 2.29 bits per heavy atom. The second-order valence-corrected chi connectivity index (χ2v) is 5.37. The van der Waals surface area contributed by atoms with Gasteiger partial charge in [0.2, 0.25) is 0 Å². The van der Waals surface area contributed by atoms with E-state index in [1.807, 2.05) is 0 Å². The lowest BCUT2D eigenvalue weighted by atomic mass is 10.2. The molecule has 0 amide bonds. The van der Waals surface area contributed by atoms with E-state index in [1.165, 1.54) is 0 Å². The van der Waals surface area contributed by atoms with Crippen LogP contribution in [-0.2, 0) is 9.05 Å². The highest BCUT2D eigenvalue weighted by atomic mass is 35.7. The number of carbonyl (C=O) groups is 1. The van der Waals surface area contributed by atoms with Crippen molar-refractivity contribution in [3.8, 4) is 5.75 Å². The van der Waals surface area contributed by atoms with Gasteiger partial charge in [0.25, 0.3) is 14.7 Å². The second-order valence-electron chi connectivity index (χ2n) is 2.84. The van der Waals surface area contributed by atoms with Crippen molar-refractivity contribution < 1.29 is 28.3 Å². The molecule has 0 aliphatic heterocycles. The number of aromatic carboxylic acids is 1. The summed E-state index contributed by atoms with van der Waals surface area (Å²) in [6.07, 6.45) is 0. The lowest BCUT2D eigenvalue weighted by Crippen LogP contribution is -2.03. The van der Waals surface area contributed by atoms with Crippen molar-refractivity contribution in [1.29, 1.82) is 0 Å². The Hall–Kier alpha value is -1.87. The molecule has 0 saturated carbocycles. The molecule has 17 heavy (non-hydrogen) atoms. The van der Waals surface area contributed by atoms with E-state index in [2.05, 4.69) is 0 Å². The Morgan fingerprint density at radius 2 is 1.94 bits per heavy atom. The molecule has 1 rings (SSSR count). The molecule has 0 aliphatic carbocycles. The minimum Gasteiger partial charge on any atom is -0.506 e. The van der Waals surface area contributed by atoms with Crippen LogP contribution in [0.5, 0.6) is 5.75 Å². The molecule has 0 unspecified atom stereocenters. The molecular weight excluding hydrogens is 278 g/mol. The summed E-state index contributed by atoms with van der Waals surface area (Å²) in [7, 11) is 0.423. The van der Waals surface area contributed by atoms with E-state index in [9.17, 15) is 28.4 Å². The molecule has 0 heterocycles. The van der Waals surface area contributed by atoms with Crippen LogP contribution in [0.25, 0.3) is 0 Å². The summed E-state index contributed by atoms with van der Waals surface area (Å²) < 4.78 is 22.0. The molecule has 0 fully saturated rings. The van der Waals surface area contributed by atoms with Crippen LogP contribution >= 0.6 is 10.7 Å². The number of nitro benzene ring substituents is 1. The van der Waals surface area contributed by atoms with Gasteiger partial charge in [0.15, 0.2) is 5.75 Å². The van der Waals surface area contributed by atoms with Gasteiger partial charge < -0.3 is 10.2 Å². The summed E-state index contributed by atoms with van der Waals surface area (Å²) in [6, 6.07) is 1.01. The molecule has 8 nitrogen and oxygen atoms in total. The van der Waals surface area contributed by atoms with Crippen molar-refractivity contribution in [1.82, 2.24) is 0 Å². The monoisotopic (exact) mass is 281 g/mol. The molecular formula is C7H4ClNO7S. The zero-order valence-corrected chi connectivity index (χ0v) is 9.40. The number of hydrogen-bond donors (Lipinski definition) is 2. The highest BCUT2D eigenvalue weighted by Crippen LogP contribution is 2.33.